The normalized spacial score (nSPS) is 17.4. The van der Waals surface area contributed by atoms with E-state index in [1.54, 1.807) is 13.3 Å². The molecule has 1 aliphatic rings. The maximum absolute atomic E-state index is 12.7. The number of furan rings is 1. The minimum atomic E-state index is -4.46. The van der Waals surface area contributed by atoms with E-state index in [1.165, 1.54) is 0 Å². The van der Waals surface area contributed by atoms with Crippen LogP contribution in [0.2, 0.25) is 5.02 Å². The average molecular weight is 530 g/mol. The topological polar surface area (TPSA) is 65.7 Å². The summed E-state index contributed by atoms with van der Waals surface area (Å²) in [5.74, 6) is 1.75. The highest BCUT2D eigenvalue weighted by atomic mass is 127. The highest BCUT2D eigenvalue weighted by molar-refractivity contribution is 14.0. The fourth-order valence-corrected chi connectivity index (χ4v) is 3.15. The van der Waals surface area contributed by atoms with E-state index in [-0.39, 0.29) is 35.0 Å². The number of alkyl halides is 3. The quantitative estimate of drug-likeness (QED) is 0.357. The molecule has 1 saturated heterocycles. The van der Waals surface area contributed by atoms with E-state index in [0.717, 1.165) is 24.4 Å². The molecule has 0 amide bonds. The number of aromatic nitrogens is 1. The first-order chi connectivity index (χ1) is 12.9. The number of guanidine groups is 1. The highest BCUT2D eigenvalue weighted by Crippen LogP contribution is 2.34. The SMILES string of the molecule is CN=C(NCc1ccco1)NC1CCN(c2ncc(C(F)(F)F)cc2Cl)C1.I. The van der Waals surface area contributed by atoms with Crippen LogP contribution in [0.25, 0.3) is 0 Å². The summed E-state index contributed by atoms with van der Waals surface area (Å²) >= 11 is 6.03. The van der Waals surface area contributed by atoms with Gasteiger partial charge in [-0.3, -0.25) is 4.99 Å². The molecule has 1 fully saturated rings. The maximum atomic E-state index is 12.7. The van der Waals surface area contributed by atoms with Crippen molar-refractivity contribution in [3.05, 3.63) is 47.0 Å². The van der Waals surface area contributed by atoms with Crippen molar-refractivity contribution < 1.29 is 17.6 Å². The Kier molecular flexibility index (Phi) is 7.81. The molecule has 6 nitrogen and oxygen atoms in total. The minimum Gasteiger partial charge on any atom is -0.467 e. The lowest BCUT2D eigenvalue weighted by Crippen LogP contribution is -2.44. The first-order valence-electron chi connectivity index (χ1n) is 8.34. The monoisotopic (exact) mass is 529 g/mol. The molecule has 3 rings (SSSR count). The molecule has 154 valence electrons. The summed E-state index contributed by atoms with van der Waals surface area (Å²) in [5.41, 5.74) is -0.854. The number of hydrogen-bond acceptors (Lipinski definition) is 4. The van der Waals surface area contributed by atoms with Crippen LogP contribution in [0.3, 0.4) is 0 Å². The Morgan fingerprint density at radius 3 is 2.86 bits per heavy atom. The predicted octanol–water partition coefficient (Wildman–Crippen LogP) is 3.91. The Morgan fingerprint density at radius 2 is 2.25 bits per heavy atom. The van der Waals surface area contributed by atoms with Crippen molar-refractivity contribution in [3.8, 4) is 0 Å². The van der Waals surface area contributed by atoms with Crippen molar-refractivity contribution in [1.82, 2.24) is 15.6 Å². The third-order valence-electron chi connectivity index (χ3n) is 4.21. The zero-order chi connectivity index (χ0) is 19.4. The Bertz CT molecular complexity index is 801. The van der Waals surface area contributed by atoms with Crippen molar-refractivity contribution >= 4 is 47.4 Å². The summed E-state index contributed by atoms with van der Waals surface area (Å²) < 4.78 is 43.5. The van der Waals surface area contributed by atoms with E-state index in [0.29, 0.717) is 31.4 Å². The molecule has 0 spiro atoms. The first kappa shape index (κ1) is 22.6. The molecule has 3 heterocycles. The molecule has 0 aliphatic carbocycles. The van der Waals surface area contributed by atoms with E-state index in [2.05, 4.69) is 20.6 Å². The summed E-state index contributed by atoms with van der Waals surface area (Å²) in [6.07, 6.45) is -1.27. The Hall–Kier alpha value is -1.69. The smallest absolute Gasteiger partial charge is 0.417 e. The van der Waals surface area contributed by atoms with Crippen LogP contribution in [0.5, 0.6) is 0 Å². The van der Waals surface area contributed by atoms with Crippen LogP contribution in [0.15, 0.2) is 40.1 Å². The van der Waals surface area contributed by atoms with Gasteiger partial charge in [0.05, 0.1) is 23.4 Å². The second kappa shape index (κ2) is 9.68. The van der Waals surface area contributed by atoms with Gasteiger partial charge in [-0.05, 0) is 24.6 Å². The van der Waals surface area contributed by atoms with Gasteiger partial charge in [0.2, 0.25) is 0 Å². The second-order valence-electron chi connectivity index (χ2n) is 6.11. The van der Waals surface area contributed by atoms with Crippen LogP contribution in [-0.4, -0.2) is 37.1 Å². The van der Waals surface area contributed by atoms with Gasteiger partial charge in [-0.25, -0.2) is 4.98 Å². The molecular weight excluding hydrogens is 510 g/mol. The number of aliphatic imine (C=N–C) groups is 1. The predicted molar refractivity (Wildman–Crippen MR) is 112 cm³/mol. The molecule has 1 unspecified atom stereocenters. The summed E-state index contributed by atoms with van der Waals surface area (Å²) in [6.45, 7) is 1.68. The van der Waals surface area contributed by atoms with Crippen LogP contribution < -0.4 is 15.5 Å². The lowest BCUT2D eigenvalue weighted by molar-refractivity contribution is -0.137. The third kappa shape index (κ3) is 5.66. The fourth-order valence-electron chi connectivity index (χ4n) is 2.86. The van der Waals surface area contributed by atoms with Crippen LogP contribution in [0.4, 0.5) is 19.0 Å². The molecule has 28 heavy (non-hydrogen) atoms. The van der Waals surface area contributed by atoms with Crippen molar-refractivity contribution in [1.29, 1.82) is 0 Å². The minimum absolute atomic E-state index is 0. The lowest BCUT2D eigenvalue weighted by Gasteiger charge is -2.21. The Morgan fingerprint density at radius 1 is 1.46 bits per heavy atom. The molecule has 2 aromatic heterocycles. The van der Waals surface area contributed by atoms with Crippen LogP contribution in [0.1, 0.15) is 17.7 Å². The zero-order valence-corrected chi connectivity index (χ0v) is 18.0. The Labute approximate surface area is 182 Å². The van der Waals surface area contributed by atoms with Gasteiger partial charge in [-0.2, -0.15) is 13.2 Å². The number of nitrogens with zero attached hydrogens (tertiary/aromatic N) is 3. The zero-order valence-electron chi connectivity index (χ0n) is 15.0. The number of pyridine rings is 1. The number of anilines is 1. The average Bonchev–Trinajstić information content (AvgIpc) is 3.29. The molecule has 2 aromatic rings. The van der Waals surface area contributed by atoms with Crippen molar-refractivity contribution in [2.75, 3.05) is 25.0 Å². The fraction of sp³-hybridized carbons (Fsp3) is 0.412. The standard InChI is InChI=1S/C17H19ClF3N5O.HI/c1-22-16(24-9-13-3-2-6-27-13)25-12-4-5-26(10-12)15-14(18)7-11(8-23-15)17(19,20)21;/h2-3,6-8,12H,4-5,9-10H2,1H3,(H2,22,24,25);1H. The summed E-state index contributed by atoms with van der Waals surface area (Å²) in [4.78, 5) is 9.95. The number of halogens is 5. The van der Waals surface area contributed by atoms with Gasteiger partial charge in [0, 0.05) is 32.4 Å². The van der Waals surface area contributed by atoms with Gasteiger partial charge in [-0.15, -0.1) is 24.0 Å². The number of nitrogens with one attached hydrogen (secondary N) is 2. The highest BCUT2D eigenvalue weighted by Gasteiger charge is 2.33. The van der Waals surface area contributed by atoms with Crippen LogP contribution in [0, 0.1) is 0 Å². The molecule has 1 atom stereocenters. The largest absolute Gasteiger partial charge is 0.467 e. The summed E-state index contributed by atoms with van der Waals surface area (Å²) in [5, 5.41) is 6.43. The van der Waals surface area contributed by atoms with Crippen molar-refractivity contribution in [2.24, 2.45) is 4.99 Å². The van der Waals surface area contributed by atoms with Gasteiger partial charge in [-0.1, -0.05) is 11.6 Å². The molecule has 0 aromatic carbocycles. The van der Waals surface area contributed by atoms with Crippen LogP contribution in [-0.2, 0) is 12.7 Å². The Balaban J connectivity index is 0.00000280. The van der Waals surface area contributed by atoms with Gasteiger partial charge in [0.1, 0.15) is 11.6 Å². The molecule has 0 saturated carbocycles. The van der Waals surface area contributed by atoms with E-state index in [9.17, 15) is 13.2 Å². The third-order valence-corrected chi connectivity index (χ3v) is 4.49. The molecule has 1 aliphatic heterocycles. The molecule has 0 radical (unpaired) electrons. The molecular formula is C17H20ClF3IN5O. The van der Waals surface area contributed by atoms with Gasteiger partial charge >= 0.3 is 6.18 Å². The van der Waals surface area contributed by atoms with Gasteiger partial charge in [0.25, 0.3) is 0 Å². The summed E-state index contributed by atoms with van der Waals surface area (Å²) in [6, 6.07) is 4.64. The van der Waals surface area contributed by atoms with Crippen molar-refractivity contribution in [2.45, 2.75) is 25.2 Å². The second-order valence-corrected chi connectivity index (χ2v) is 6.52. The van der Waals surface area contributed by atoms with E-state index in [1.807, 2.05) is 17.0 Å². The van der Waals surface area contributed by atoms with E-state index in [4.69, 9.17) is 16.0 Å². The molecule has 2 N–H and O–H groups in total. The molecule has 0 bridgehead atoms. The van der Waals surface area contributed by atoms with E-state index >= 15 is 0 Å². The van der Waals surface area contributed by atoms with Crippen LogP contribution >= 0.6 is 35.6 Å². The van der Waals surface area contributed by atoms with Gasteiger partial charge in [0.15, 0.2) is 5.96 Å². The first-order valence-corrected chi connectivity index (χ1v) is 8.72. The number of rotatable bonds is 4. The van der Waals surface area contributed by atoms with E-state index < -0.39 is 11.7 Å². The van der Waals surface area contributed by atoms with Gasteiger partial charge < -0.3 is 20.0 Å². The molecule has 11 heteroatoms. The van der Waals surface area contributed by atoms with Crippen molar-refractivity contribution in [3.63, 3.8) is 0 Å². The maximum Gasteiger partial charge on any atom is 0.417 e. The summed E-state index contributed by atoms with van der Waals surface area (Å²) in [7, 11) is 1.67. The number of hydrogen-bond donors (Lipinski definition) is 2. The lowest BCUT2D eigenvalue weighted by atomic mass is 10.2.